The third kappa shape index (κ3) is 2.99. The second-order valence-electron chi connectivity index (χ2n) is 4.59. The fourth-order valence-electron chi connectivity index (χ4n) is 1.99. The highest BCUT2D eigenvalue weighted by Crippen LogP contribution is 2.38. The molecule has 0 aliphatic heterocycles. The van der Waals surface area contributed by atoms with Gasteiger partial charge in [-0.25, -0.2) is 0 Å². The van der Waals surface area contributed by atoms with Gasteiger partial charge in [0.1, 0.15) is 0 Å². The smallest absolute Gasteiger partial charge is 0.303 e. The van der Waals surface area contributed by atoms with Gasteiger partial charge < -0.3 is 10.8 Å². The Kier molecular flexibility index (Phi) is 3.31. The molecule has 0 aromatic heterocycles. The number of hydrogen-bond acceptors (Lipinski definition) is 2. The Morgan fingerprint density at radius 3 is 2.54 bits per heavy atom. The second kappa shape index (κ2) is 4.09. The molecule has 0 aromatic carbocycles. The van der Waals surface area contributed by atoms with Crippen LogP contribution < -0.4 is 5.73 Å². The Morgan fingerprint density at radius 2 is 2.23 bits per heavy atom. The van der Waals surface area contributed by atoms with Gasteiger partial charge in [-0.1, -0.05) is 26.2 Å². The van der Waals surface area contributed by atoms with Crippen LogP contribution in [0.25, 0.3) is 0 Å². The third-order valence-corrected chi connectivity index (χ3v) is 3.08. The fraction of sp³-hybridized carbons (Fsp3) is 0.900. The minimum absolute atomic E-state index is 0.184. The number of carbonyl (C=O) groups is 1. The van der Waals surface area contributed by atoms with Crippen molar-refractivity contribution in [3.63, 3.8) is 0 Å². The highest BCUT2D eigenvalue weighted by atomic mass is 16.4. The molecule has 76 valence electrons. The number of carboxylic acid groups (broad SMARTS) is 1. The van der Waals surface area contributed by atoms with Crippen molar-refractivity contribution < 1.29 is 9.90 Å². The first kappa shape index (κ1) is 10.5. The number of aliphatic carboxylic acids is 1. The van der Waals surface area contributed by atoms with Crippen LogP contribution >= 0.6 is 0 Å². The van der Waals surface area contributed by atoms with Gasteiger partial charge in [-0.2, -0.15) is 0 Å². The Labute approximate surface area is 79.3 Å². The van der Waals surface area contributed by atoms with Gasteiger partial charge in [0.05, 0.1) is 6.42 Å². The van der Waals surface area contributed by atoms with E-state index >= 15 is 0 Å². The molecule has 0 amide bonds. The number of nitrogens with two attached hydrogens (primary N) is 1. The van der Waals surface area contributed by atoms with E-state index in [9.17, 15) is 4.79 Å². The van der Waals surface area contributed by atoms with Crippen LogP contribution in [0, 0.1) is 11.3 Å². The SMILES string of the molecule is CC(CN)(CC(=O)O)CC1CCC1. The summed E-state index contributed by atoms with van der Waals surface area (Å²) in [6.45, 7) is 2.47. The first-order valence-electron chi connectivity index (χ1n) is 4.97. The van der Waals surface area contributed by atoms with Crippen molar-refractivity contribution in [1.29, 1.82) is 0 Å². The van der Waals surface area contributed by atoms with E-state index in [1.165, 1.54) is 19.3 Å². The minimum atomic E-state index is -0.729. The lowest BCUT2D eigenvalue weighted by Gasteiger charge is -2.35. The predicted octanol–water partition coefficient (Wildman–Crippen LogP) is 1.62. The number of rotatable bonds is 5. The van der Waals surface area contributed by atoms with Gasteiger partial charge in [0.2, 0.25) is 0 Å². The number of hydrogen-bond donors (Lipinski definition) is 2. The van der Waals surface area contributed by atoms with Gasteiger partial charge in [0, 0.05) is 0 Å². The van der Waals surface area contributed by atoms with Crippen LogP contribution in [0.15, 0.2) is 0 Å². The van der Waals surface area contributed by atoms with Crippen molar-refractivity contribution in [3.05, 3.63) is 0 Å². The Morgan fingerprint density at radius 1 is 1.62 bits per heavy atom. The summed E-state index contributed by atoms with van der Waals surface area (Å²) in [5.74, 6) is 0.000161. The molecular weight excluding hydrogens is 166 g/mol. The van der Waals surface area contributed by atoms with E-state index in [0.717, 1.165) is 12.3 Å². The quantitative estimate of drug-likeness (QED) is 0.684. The third-order valence-electron chi connectivity index (χ3n) is 3.08. The summed E-state index contributed by atoms with van der Waals surface area (Å²) in [6.07, 6.45) is 5.01. The van der Waals surface area contributed by atoms with Gasteiger partial charge in [-0.05, 0) is 24.3 Å². The maximum absolute atomic E-state index is 10.6. The predicted molar refractivity (Wildman–Crippen MR) is 51.4 cm³/mol. The Balaban J connectivity index is 2.41. The van der Waals surface area contributed by atoms with Crippen LogP contribution in [0.3, 0.4) is 0 Å². The first-order chi connectivity index (χ1) is 6.06. The standard InChI is InChI=1S/C10H19NO2/c1-10(7-11,6-9(12)13)5-8-3-2-4-8/h8H,2-7,11H2,1H3,(H,12,13). The Hall–Kier alpha value is -0.570. The maximum atomic E-state index is 10.6. The fourth-order valence-corrected chi connectivity index (χ4v) is 1.99. The van der Waals surface area contributed by atoms with Crippen molar-refractivity contribution in [2.75, 3.05) is 6.54 Å². The largest absolute Gasteiger partial charge is 0.481 e. The summed E-state index contributed by atoms with van der Waals surface area (Å²) in [6, 6.07) is 0. The molecule has 3 N–H and O–H groups in total. The summed E-state index contributed by atoms with van der Waals surface area (Å²) < 4.78 is 0. The second-order valence-corrected chi connectivity index (χ2v) is 4.59. The van der Waals surface area contributed by atoms with E-state index in [-0.39, 0.29) is 11.8 Å². The van der Waals surface area contributed by atoms with Crippen molar-refractivity contribution in [1.82, 2.24) is 0 Å². The molecule has 1 atom stereocenters. The van der Waals surface area contributed by atoms with Crippen molar-refractivity contribution >= 4 is 5.97 Å². The van der Waals surface area contributed by atoms with E-state index in [4.69, 9.17) is 10.8 Å². The zero-order chi connectivity index (χ0) is 9.90. The summed E-state index contributed by atoms with van der Waals surface area (Å²) >= 11 is 0. The normalized spacial score (nSPS) is 22.0. The molecule has 1 fully saturated rings. The maximum Gasteiger partial charge on any atom is 0.303 e. The average Bonchev–Trinajstić information content (AvgIpc) is 1.96. The summed E-state index contributed by atoms with van der Waals surface area (Å²) in [5, 5.41) is 8.73. The van der Waals surface area contributed by atoms with Crippen LogP contribution in [0.2, 0.25) is 0 Å². The van der Waals surface area contributed by atoms with Crippen LogP contribution in [0.1, 0.15) is 39.0 Å². The Bertz CT molecular complexity index is 189. The van der Waals surface area contributed by atoms with E-state index in [0.29, 0.717) is 6.54 Å². The molecule has 13 heavy (non-hydrogen) atoms. The molecule has 0 spiro atoms. The lowest BCUT2D eigenvalue weighted by atomic mass is 9.71. The molecule has 0 aromatic rings. The lowest BCUT2D eigenvalue weighted by Crippen LogP contribution is -2.33. The average molecular weight is 185 g/mol. The molecule has 1 aliphatic carbocycles. The van der Waals surface area contributed by atoms with E-state index in [2.05, 4.69) is 0 Å². The van der Waals surface area contributed by atoms with Crippen LogP contribution in [-0.4, -0.2) is 17.6 Å². The van der Waals surface area contributed by atoms with E-state index < -0.39 is 5.97 Å². The van der Waals surface area contributed by atoms with Crippen LogP contribution in [0.5, 0.6) is 0 Å². The van der Waals surface area contributed by atoms with E-state index in [1.807, 2.05) is 6.92 Å². The van der Waals surface area contributed by atoms with Crippen LogP contribution in [-0.2, 0) is 4.79 Å². The minimum Gasteiger partial charge on any atom is -0.481 e. The molecule has 3 heteroatoms. The topological polar surface area (TPSA) is 63.3 Å². The molecule has 0 saturated heterocycles. The van der Waals surface area contributed by atoms with Gasteiger partial charge in [-0.15, -0.1) is 0 Å². The molecule has 1 saturated carbocycles. The molecule has 1 rings (SSSR count). The summed E-state index contributed by atoms with van der Waals surface area (Å²) in [5.41, 5.74) is 5.44. The van der Waals surface area contributed by atoms with Crippen LogP contribution in [0.4, 0.5) is 0 Å². The molecule has 0 bridgehead atoms. The zero-order valence-corrected chi connectivity index (χ0v) is 8.25. The van der Waals surface area contributed by atoms with Crippen molar-refractivity contribution in [2.45, 2.75) is 39.0 Å². The van der Waals surface area contributed by atoms with Gasteiger partial charge in [-0.3, -0.25) is 4.79 Å². The van der Waals surface area contributed by atoms with Gasteiger partial charge in [0.15, 0.2) is 0 Å². The summed E-state index contributed by atoms with van der Waals surface area (Å²) in [7, 11) is 0. The molecule has 0 radical (unpaired) electrons. The highest BCUT2D eigenvalue weighted by molar-refractivity contribution is 5.67. The molecular formula is C10H19NO2. The molecule has 0 heterocycles. The summed E-state index contributed by atoms with van der Waals surface area (Å²) in [4.78, 5) is 10.6. The lowest BCUT2D eigenvalue weighted by molar-refractivity contribution is -0.139. The van der Waals surface area contributed by atoms with Crippen molar-refractivity contribution in [3.8, 4) is 0 Å². The van der Waals surface area contributed by atoms with Gasteiger partial charge in [0.25, 0.3) is 0 Å². The first-order valence-corrected chi connectivity index (χ1v) is 4.97. The molecule has 1 aliphatic rings. The molecule has 3 nitrogen and oxygen atoms in total. The zero-order valence-electron chi connectivity index (χ0n) is 8.25. The van der Waals surface area contributed by atoms with Crippen molar-refractivity contribution in [2.24, 2.45) is 17.1 Å². The number of carboxylic acids is 1. The highest BCUT2D eigenvalue weighted by Gasteiger charge is 2.31. The van der Waals surface area contributed by atoms with E-state index in [1.54, 1.807) is 0 Å². The monoisotopic (exact) mass is 185 g/mol. The van der Waals surface area contributed by atoms with Gasteiger partial charge >= 0.3 is 5.97 Å². The molecule has 1 unspecified atom stereocenters.